The molecule has 0 fully saturated rings. The van der Waals surface area contributed by atoms with Crippen LogP contribution < -0.4 is 9.46 Å². The lowest BCUT2D eigenvalue weighted by Gasteiger charge is -2.11. The van der Waals surface area contributed by atoms with Crippen LogP contribution in [0.5, 0.6) is 5.75 Å². The summed E-state index contributed by atoms with van der Waals surface area (Å²) in [7, 11) is 1.81. The number of hydrogen-bond acceptors (Lipinski definition) is 4. The number of hydrogen-bond donors (Lipinski definition) is 1. The van der Waals surface area contributed by atoms with E-state index < -0.39 is 10.0 Å². The zero-order chi connectivity index (χ0) is 14.5. The van der Waals surface area contributed by atoms with Crippen LogP contribution in [0.1, 0.15) is 6.42 Å². The van der Waals surface area contributed by atoms with E-state index in [-0.39, 0.29) is 9.92 Å². The van der Waals surface area contributed by atoms with Gasteiger partial charge in [0.1, 0.15) is 10.6 Å². The Bertz CT molecular complexity index is 518. The van der Waals surface area contributed by atoms with Crippen molar-refractivity contribution in [3.8, 4) is 5.75 Å². The quantitative estimate of drug-likeness (QED) is 0.777. The Kier molecular flexibility index (Phi) is 6.06. The van der Waals surface area contributed by atoms with Crippen molar-refractivity contribution in [2.24, 2.45) is 0 Å². The second kappa shape index (κ2) is 7.09. The lowest BCUT2D eigenvalue weighted by atomic mass is 10.3. The normalized spacial score (nSPS) is 11.8. The minimum absolute atomic E-state index is 0.0693. The van der Waals surface area contributed by atoms with Crippen molar-refractivity contribution in [1.29, 1.82) is 0 Å². The van der Waals surface area contributed by atoms with Gasteiger partial charge in [-0.25, -0.2) is 13.1 Å². The van der Waals surface area contributed by atoms with E-state index in [0.29, 0.717) is 12.3 Å². The average molecular weight is 307 g/mol. The summed E-state index contributed by atoms with van der Waals surface area (Å²) in [6.45, 7) is 1.20. The summed E-state index contributed by atoms with van der Waals surface area (Å²) in [6.07, 6.45) is 0.736. The SMILES string of the molecule is COc1ccc(S(=O)(=O)NCCCN(C)C)c(Cl)c1. The fourth-order valence-corrected chi connectivity index (χ4v) is 3.11. The van der Waals surface area contributed by atoms with Crippen LogP contribution in [-0.4, -0.2) is 47.6 Å². The van der Waals surface area contributed by atoms with Crippen LogP contribution in [0.15, 0.2) is 23.1 Å². The largest absolute Gasteiger partial charge is 0.497 e. The first-order valence-electron chi connectivity index (χ1n) is 5.85. The van der Waals surface area contributed by atoms with Crippen LogP contribution >= 0.6 is 11.6 Å². The summed E-state index contributed by atoms with van der Waals surface area (Å²) in [5.41, 5.74) is 0. The van der Waals surface area contributed by atoms with Crippen molar-refractivity contribution in [2.75, 3.05) is 34.3 Å². The lowest BCUT2D eigenvalue weighted by Crippen LogP contribution is -2.27. The Morgan fingerprint density at radius 3 is 2.58 bits per heavy atom. The molecule has 0 atom stereocenters. The van der Waals surface area contributed by atoms with Crippen molar-refractivity contribution in [2.45, 2.75) is 11.3 Å². The number of halogens is 1. The van der Waals surface area contributed by atoms with Gasteiger partial charge in [-0.2, -0.15) is 0 Å². The molecule has 0 saturated heterocycles. The van der Waals surface area contributed by atoms with E-state index in [1.54, 1.807) is 6.07 Å². The van der Waals surface area contributed by atoms with E-state index >= 15 is 0 Å². The highest BCUT2D eigenvalue weighted by molar-refractivity contribution is 7.89. The minimum atomic E-state index is -3.57. The molecule has 1 aromatic rings. The van der Waals surface area contributed by atoms with Crippen LogP contribution in [0.3, 0.4) is 0 Å². The van der Waals surface area contributed by atoms with Gasteiger partial charge in [0.2, 0.25) is 10.0 Å². The highest BCUT2D eigenvalue weighted by Gasteiger charge is 2.17. The van der Waals surface area contributed by atoms with Gasteiger partial charge < -0.3 is 9.64 Å². The van der Waals surface area contributed by atoms with Crippen molar-refractivity contribution >= 4 is 21.6 Å². The zero-order valence-electron chi connectivity index (χ0n) is 11.3. The van der Waals surface area contributed by atoms with Gasteiger partial charge in [-0.1, -0.05) is 11.6 Å². The predicted octanol–water partition coefficient (Wildman–Crippen LogP) is 1.58. The third-order valence-corrected chi connectivity index (χ3v) is 4.45. The highest BCUT2D eigenvalue weighted by Crippen LogP contribution is 2.25. The Morgan fingerprint density at radius 1 is 1.37 bits per heavy atom. The number of sulfonamides is 1. The third kappa shape index (κ3) is 4.99. The average Bonchev–Trinajstić information content (AvgIpc) is 2.34. The van der Waals surface area contributed by atoms with Crippen LogP contribution in [0, 0.1) is 0 Å². The molecule has 0 bridgehead atoms. The Hall–Kier alpha value is -0.820. The standard InChI is InChI=1S/C12H19ClN2O3S/c1-15(2)8-4-7-14-19(16,17)12-6-5-10(18-3)9-11(12)13/h5-6,9,14H,4,7-8H2,1-3H3. The molecule has 0 radical (unpaired) electrons. The monoisotopic (exact) mass is 306 g/mol. The molecule has 1 rings (SSSR count). The first-order valence-corrected chi connectivity index (χ1v) is 7.71. The van der Waals surface area contributed by atoms with E-state index in [0.717, 1.165) is 13.0 Å². The van der Waals surface area contributed by atoms with Gasteiger partial charge in [-0.15, -0.1) is 0 Å². The molecule has 0 aliphatic carbocycles. The third-order valence-electron chi connectivity index (χ3n) is 2.50. The second-order valence-electron chi connectivity index (χ2n) is 4.35. The van der Waals surface area contributed by atoms with E-state index in [9.17, 15) is 8.42 Å². The van der Waals surface area contributed by atoms with Crippen LogP contribution in [-0.2, 0) is 10.0 Å². The topological polar surface area (TPSA) is 58.6 Å². The van der Waals surface area contributed by atoms with Crippen LogP contribution in [0.25, 0.3) is 0 Å². The van der Waals surface area contributed by atoms with Gasteiger partial charge in [-0.05, 0) is 39.2 Å². The van der Waals surface area contributed by atoms with Crippen LogP contribution in [0.2, 0.25) is 5.02 Å². The highest BCUT2D eigenvalue weighted by atomic mass is 35.5. The molecular weight excluding hydrogens is 288 g/mol. The molecular formula is C12H19ClN2O3S. The summed E-state index contributed by atoms with van der Waals surface area (Å²) < 4.78 is 31.6. The van der Waals surface area contributed by atoms with E-state index in [4.69, 9.17) is 16.3 Å². The molecule has 0 aliphatic heterocycles. The Balaban J connectivity index is 2.72. The number of benzene rings is 1. The minimum Gasteiger partial charge on any atom is -0.497 e. The molecule has 108 valence electrons. The summed E-state index contributed by atoms with van der Waals surface area (Å²) in [4.78, 5) is 2.06. The Morgan fingerprint density at radius 2 is 2.05 bits per heavy atom. The molecule has 1 N–H and O–H groups in total. The van der Waals surface area contributed by atoms with Crippen LogP contribution in [0.4, 0.5) is 0 Å². The molecule has 1 aromatic carbocycles. The van der Waals surface area contributed by atoms with Crippen molar-refractivity contribution in [3.63, 3.8) is 0 Å². The summed E-state index contributed by atoms with van der Waals surface area (Å²) in [5, 5.41) is 0.152. The summed E-state index contributed by atoms with van der Waals surface area (Å²) >= 11 is 5.95. The number of rotatable bonds is 7. The lowest BCUT2D eigenvalue weighted by molar-refractivity contribution is 0.400. The van der Waals surface area contributed by atoms with Gasteiger partial charge in [0, 0.05) is 12.6 Å². The molecule has 19 heavy (non-hydrogen) atoms. The maximum Gasteiger partial charge on any atom is 0.242 e. The molecule has 0 unspecified atom stereocenters. The molecule has 0 aliphatic rings. The smallest absolute Gasteiger partial charge is 0.242 e. The number of methoxy groups -OCH3 is 1. The predicted molar refractivity (Wildman–Crippen MR) is 76.4 cm³/mol. The number of ether oxygens (including phenoxy) is 1. The summed E-state index contributed by atoms with van der Waals surface area (Å²) in [5.74, 6) is 0.525. The van der Waals surface area contributed by atoms with Crippen molar-refractivity contribution < 1.29 is 13.2 Å². The van der Waals surface area contributed by atoms with E-state index in [1.807, 2.05) is 19.0 Å². The van der Waals surface area contributed by atoms with Gasteiger partial charge in [0.05, 0.1) is 12.1 Å². The van der Waals surface area contributed by atoms with Crippen molar-refractivity contribution in [3.05, 3.63) is 23.2 Å². The molecule has 0 heterocycles. The molecule has 5 nitrogen and oxygen atoms in total. The summed E-state index contributed by atoms with van der Waals surface area (Å²) in [6, 6.07) is 4.49. The molecule has 0 aromatic heterocycles. The van der Waals surface area contributed by atoms with Gasteiger partial charge in [0.15, 0.2) is 0 Å². The fraction of sp³-hybridized carbons (Fsp3) is 0.500. The Labute approximate surface area is 119 Å². The van der Waals surface area contributed by atoms with Crippen molar-refractivity contribution in [1.82, 2.24) is 9.62 Å². The maximum absolute atomic E-state index is 12.0. The second-order valence-corrected chi connectivity index (χ2v) is 6.49. The molecule has 0 spiro atoms. The van der Waals surface area contributed by atoms with E-state index in [1.165, 1.54) is 19.2 Å². The van der Waals surface area contributed by atoms with Gasteiger partial charge in [0.25, 0.3) is 0 Å². The zero-order valence-corrected chi connectivity index (χ0v) is 12.9. The molecule has 0 amide bonds. The first-order chi connectivity index (χ1) is 8.86. The number of nitrogens with one attached hydrogen (secondary N) is 1. The van der Waals surface area contributed by atoms with Gasteiger partial charge in [-0.3, -0.25) is 0 Å². The molecule has 0 saturated carbocycles. The molecule has 7 heteroatoms. The first kappa shape index (κ1) is 16.2. The van der Waals surface area contributed by atoms with E-state index in [2.05, 4.69) is 4.72 Å². The van der Waals surface area contributed by atoms with Gasteiger partial charge >= 0.3 is 0 Å². The maximum atomic E-state index is 12.0. The number of nitrogens with zero attached hydrogens (tertiary/aromatic N) is 1. The fourth-order valence-electron chi connectivity index (χ4n) is 1.51.